The highest BCUT2D eigenvalue weighted by atomic mass is 32.1. The third kappa shape index (κ3) is 4.56. The zero-order chi connectivity index (χ0) is 22.3. The number of halogens is 3. The minimum atomic E-state index is -4.37. The van der Waals surface area contributed by atoms with Crippen LogP contribution < -0.4 is 0 Å². The molecule has 172 valence electrons. The first-order chi connectivity index (χ1) is 15.4. The number of thiazole rings is 1. The van der Waals surface area contributed by atoms with E-state index >= 15 is 0 Å². The topological polar surface area (TPSA) is 39.7 Å². The molecule has 2 aliphatic heterocycles. The van der Waals surface area contributed by atoms with Crippen LogP contribution in [0.25, 0.3) is 10.6 Å². The first-order valence-electron chi connectivity index (χ1n) is 11.3. The first kappa shape index (κ1) is 21.9. The summed E-state index contributed by atoms with van der Waals surface area (Å²) in [7, 11) is 0. The fourth-order valence-electron chi connectivity index (χ4n) is 4.71. The molecule has 5 rings (SSSR count). The lowest BCUT2D eigenvalue weighted by Gasteiger charge is -2.43. The molecule has 1 aromatic heterocycles. The summed E-state index contributed by atoms with van der Waals surface area (Å²) in [5, 5.41) is 0.612. The monoisotopic (exact) mass is 464 g/mol. The molecule has 32 heavy (non-hydrogen) atoms. The molecule has 5 nitrogen and oxygen atoms in total. The van der Waals surface area contributed by atoms with E-state index in [0.29, 0.717) is 30.1 Å². The molecule has 0 spiro atoms. The van der Waals surface area contributed by atoms with E-state index in [2.05, 4.69) is 14.8 Å². The van der Waals surface area contributed by atoms with Crippen LogP contribution in [0, 0.1) is 0 Å². The summed E-state index contributed by atoms with van der Waals surface area (Å²) in [5.41, 5.74) is 0.777. The predicted molar refractivity (Wildman–Crippen MR) is 117 cm³/mol. The molecule has 3 aliphatic rings. The van der Waals surface area contributed by atoms with Gasteiger partial charge in [0.15, 0.2) is 0 Å². The third-order valence-electron chi connectivity index (χ3n) is 6.86. The molecular formula is C23H27F3N4OS. The summed E-state index contributed by atoms with van der Waals surface area (Å²) in [6.45, 7) is 5.29. The Morgan fingerprint density at radius 3 is 2.59 bits per heavy atom. The smallest absolute Gasteiger partial charge is 0.339 e. The average molecular weight is 465 g/mol. The zero-order valence-corrected chi connectivity index (χ0v) is 18.7. The zero-order valence-electron chi connectivity index (χ0n) is 17.9. The van der Waals surface area contributed by atoms with Crippen LogP contribution in [0.15, 0.2) is 24.3 Å². The third-order valence-corrected chi connectivity index (χ3v) is 8.00. The molecule has 1 amide bonds. The molecule has 1 saturated heterocycles. The van der Waals surface area contributed by atoms with Gasteiger partial charge in [0.2, 0.25) is 5.91 Å². The Kier molecular flexibility index (Phi) is 5.98. The van der Waals surface area contributed by atoms with E-state index in [-0.39, 0.29) is 5.91 Å². The van der Waals surface area contributed by atoms with Gasteiger partial charge in [0, 0.05) is 62.2 Å². The van der Waals surface area contributed by atoms with Crippen LogP contribution in [-0.4, -0.2) is 70.9 Å². The lowest BCUT2D eigenvalue weighted by atomic mass is 9.91. The molecule has 2 aromatic rings. The quantitative estimate of drug-likeness (QED) is 0.689. The van der Waals surface area contributed by atoms with Gasteiger partial charge in [-0.05, 0) is 25.0 Å². The van der Waals surface area contributed by atoms with E-state index in [9.17, 15) is 18.0 Å². The summed E-state index contributed by atoms with van der Waals surface area (Å²) in [5.74, 6) is 0.171. The van der Waals surface area contributed by atoms with Crippen molar-refractivity contribution >= 4 is 17.2 Å². The second kappa shape index (κ2) is 8.76. The summed E-state index contributed by atoms with van der Waals surface area (Å²) < 4.78 is 39.2. The van der Waals surface area contributed by atoms with Crippen molar-refractivity contribution in [2.24, 2.45) is 0 Å². The van der Waals surface area contributed by atoms with Gasteiger partial charge in [-0.15, -0.1) is 11.3 Å². The van der Waals surface area contributed by atoms with Crippen LogP contribution in [0.5, 0.6) is 0 Å². The Bertz CT molecular complexity index is 980. The maximum atomic E-state index is 13.1. The van der Waals surface area contributed by atoms with Gasteiger partial charge in [-0.25, -0.2) is 4.98 Å². The van der Waals surface area contributed by atoms with Gasteiger partial charge < -0.3 is 4.90 Å². The molecule has 0 atom stereocenters. The fourth-order valence-corrected chi connectivity index (χ4v) is 5.86. The number of carbonyl (C=O) groups excluding carboxylic acids is 1. The van der Waals surface area contributed by atoms with Gasteiger partial charge in [-0.1, -0.05) is 18.6 Å². The Labute approximate surface area is 189 Å². The fraction of sp³-hybridized carbons (Fsp3) is 0.565. The number of hydrogen-bond acceptors (Lipinski definition) is 5. The molecular weight excluding hydrogens is 437 g/mol. The molecule has 0 N–H and O–H groups in total. The van der Waals surface area contributed by atoms with Crippen molar-refractivity contribution in [3.63, 3.8) is 0 Å². The number of fused-ring (bicyclic) bond motifs is 1. The number of nitrogens with zero attached hydrogens (tertiary/aromatic N) is 4. The Hall–Kier alpha value is -1.97. The van der Waals surface area contributed by atoms with Gasteiger partial charge in [-0.3, -0.25) is 14.6 Å². The van der Waals surface area contributed by atoms with Crippen LogP contribution >= 0.6 is 11.3 Å². The van der Waals surface area contributed by atoms with Crippen molar-refractivity contribution in [2.45, 2.75) is 44.4 Å². The van der Waals surface area contributed by atoms with Crippen LogP contribution in [0.4, 0.5) is 13.2 Å². The summed E-state index contributed by atoms with van der Waals surface area (Å²) in [6, 6.07) is 6.06. The van der Waals surface area contributed by atoms with E-state index in [1.165, 1.54) is 36.7 Å². The van der Waals surface area contributed by atoms with E-state index < -0.39 is 11.7 Å². The van der Waals surface area contributed by atoms with Crippen molar-refractivity contribution in [3.05, 3.63) is 40.4 Å². The Balaban J connectivity index is 1.19. The second-order valence-electron chi connectivity index (χ2n) is 8.93. The summed E-state index contributed by atoms with van der Waals surface area (Å²) in [4.78, 5) is 25.1. The molecule has 0 unspecified atom stereocenters. The second-order valence-corrected chi connectivity index (χ2v) is 10.0. The van der Waals surface area contributed by atoms with E-state index in [0.717, 1.165) is 61.5 Å². The van der Waals surface area contributed by atoms with Crippen LogP contribution in [-0.2, 0) is 23.9 Å². The van der Waals surface area contributed by atoms with Gasteiger partial charge in [0.1, 0.15) is 5.01 Å². The summed E-state index contributed by atoms with van der Waals surface area (Å²) in [6.07, 6.45) is 0.261. The number of hydrogen-bond donors (Lipinski definition) is 0. The van der Waals surface area contributed by atoms with E-state index in [1.54, 1.807) is 6.07 Å². The minimum absolute atomic E-state index is 0.171. The molecule has 0 radical (unpaired) electrons. The highest BCUT2D eigenvalue weighted by Gasteiger charge is 2.32. The Morgan fingerprint density at radius 2 is 1.91 bits per heavy atom. The molecule has 9 heteroatoms. The largest absolute Gasteiger partial charge is 0.416 e. The van der Waals surface area contributed by atoms with Gasteiger partial charge in [0.05, 0.1) is 17.8 Å². The number of alkyl halides is 3. The molecule has 1 saturated carbocycles. The molecule has 0 bridgehead atoms. The normalized spacial score (nSPS) is 20.8. The highest BCUT2D eigenvalue weighted by Crippen LogP contribution is 2.35. The lowest BCUT2D eigenvalue weighted by molar-refractivity contribution is -0.137. The number of benzene rings is 1. The number of amides is 1. The lowest BCUT2D eigenvalue weighted by Crippen LogP contribution is -2.55. The van der Waals surface area contributed by atoms with Crippen LogP contribution in [0.1, 0.15) is 35.4 Å². The van der Waals surface area contributed by atoms with Gasteiger partial charge in [0.25, 0.3) is 0 Å². The van der Waals surface area contributed by atoms with Crippen molar-refractivity contribution in [1.29, 1.82) is 0 Å². The molecule has 3 heterocycles. The summed E-state index contributed by atoms with van der Waals surface area (Å²) >= 11 is 1.43. The number of carbonyl (C=O) groups is 1. The van der Waals surface area contributed by atoms with E-state index in [4.69, 9.17) is 0 Å². The molecule has 1 aromatic carbocycles. The molecule has 2 fully saturated rings. The van der Waals surface area contributed by atoms with Crippen LogP contribution in [0.2, 0.25) is 0 Å². The predicted octanol–water partition coefficient (Wildman–Crippen LogP) is 3.88. The van der Waals surface area contributed by atoms with Crippen molar-refractivity contribution < 1.29 is 18.0 Å². The number of aromatic nitrogens is 1. The SMILES string of the molecule is O=C(CN1CCc2nc(-c3cccc(C(F)(F)F)c3)sc2C1)N1CCN(C2CCC2)CC1. The van der Waals surface area contributed by atoms with Crippen molar-refractivity contribution in [3.8, 4) is 10.6 Å². The standard InChI is InChI=1S/C23H27F3N4OS/c24-23(25,26)17-4-1-3-16(13-17)22-27-19-7-8-28(14-20(19)32-22)15-21(31)30-11-9-29(10-12-30)18-5-2-6-18/h1,3-4,13,18H,2,5-12,14-15H2. The van der Waals surface area contributed by atoms with Crippen LogP contribution in [0.3, 0.4) is 0 Å². The minimum Gasteiger partial charge on any atom is -0.339 e. The average Bonchev–Trinajstić information content (AvgIpc) is 3.16. The first-order valence-corrected chi connectivity index (χ1v) is 12.1. The van der Waals surface area contributed by atoms with Gasteiger partial charge >= 0.3 is 6.18 Å². The van der Waals surface area contributed by atoms with Crippen molar-refractivity contribution in [1.82, 2.24) is 19.7 Å². The van der Waals surface area contributed by atoms with Gasteiger partial charge in [-0.2, -0.15) is 13.2 Å². The maximum Gasteiger partial charge on any atom is 0.416 e. The highest BCUT2D eigenvalue weighted by molar-refractivity contribution is 7.15. The van der Waals surface area contributed by atoms with E-state index in [1.807, 2.05) is 4.90 Å². The van der Waals surface area contributed by atoms with Crippen molar-refractivity contribution in [2.75, 3.05) is 39.3 Å². The maximum absolute atomic E-state index is 13.1. The molecule has 1 aliphatic carbocycles. The Morgan fingerprint density at radius 1 is 1.12 bits per heavy atom. The number of rotatable bonds is 4. The number of piperazine rings is 1.